The molecule has 6 nitrogen and oxygen atoms in total. The zero-order valence-electron chi connectivity index (χ0n) is 21.7. The molecule has 0 bridgehead atoms. The predicted octanol–water partition coefficient (Wildman–Crippen LogP) is 7.66. The average molecular weight is 544 g/mol. The largest absolute Gasteiger partial charge is 0.478 e. The number of hydrogen-bond acceptors (Lipinski definition) is 3. The van der Waals surface area contributed by atoms with Crippen LogP contribution >= 0.6 is 11.8 Å². The van der Waals surface area contributed by atoms with E-state index in [9.17, 15) is 14.7 Å². The number of carboxylic acid groups (broad SMARTS) is 1. The van der Waals surface area contributed by atoms with Gasteiger partial charge in [-0.15, -0.1) is 0 Å². The number of carbonyl (C=O) groups is 2. The van der Waals surface area contributed by atoms with Crippen molar-refractivity contribution in [2.45, 2.75) is 28.2 Å². The third-order valence-electron chi connectivity index (χ3n) is 7.37. The Hall–Kier alpha value is -4.80. The smallest absolute Gasteiger partial charge is 0.335 e. The highest BCUT2D eigenvalue weighted by Gasteiger charge is 2.46. The fourth-order valence-corrected chi connectivity index (χ4v) is 6.21. The summed E-state index contributed by atoms with van der Waals surface area (Å²) in [5.41, 5.74) is 4.65. The van der Waals surface area contributed by atoms with Crippen LogP contribution in [0.4, 0.5) is 5.69 Å². The minimum Gasteiger partial charge on any atom is -0.478 e. The molecule has 6 rings (SSSR count). The van der Waals surface area contributed by atoms with Crippen LogP contribution in [-0.2, 0) is 12.6 Å². The molecular weight excluding hydrogens is 518 g/mol. The minimum atomic E-state index is -0.975. The van der Waals surface area contributed by atoms with Gasteiger partial charge in [-0.05, 0) is 59.9 Å². The van der Waals surface area contributed by atoms with E-state index in [2.05, 4.69) is 16.2 Å². The van der Waals surface area contributed by atoms with E-state index in [-0.39, 0.29) is 11.5 Å². The Kier molecular flexibility index (Phi) is 6.41. The second-order valence-electron chi connectivity index (χ2n) is 10.0. The molecule has 0 spiro atoms. The van der Waals surface area contributed by atoms with Crippen LogP contribution in [0.2, 0.25) is 0 Å². The lowest BCUT2D eigenvalue weighted by molar-refractivity contribution is 0.0696. The topological polar surface area (TPSA) is 75.7 Å². The molecule has 0 aliphatic heterocycles. The molecule has 1 saturated carbocycles. The number of amides is 1. The molecule has 1 aromatic heterocycles. The maximum absolute atomic E-state index is 14.1. The molecule has 1 aliphatic rings. The number of nitrogens with zero attached hydrogens (tertiary/aromatic N) is 2. The molecule has 196 valence electrons. The van der Waals surface area contributed by atoms with Crippen LogP contribution in [0.15, 0.2) is 107 Å². The lowest BCUT2D eigenvalue weighted by Crippen LogP contribution is -2.35. The molecule has 1 amide bonds. The summed E-state index contributed by atoms with van der Waals surface area (Å²) >= 11 is 1.54. The lowest BCUT2D eigenvalue weighted by Gasteiger charge is -2.19. The Balaban J connectivity index is 1.44. The summed E-state index contributed by atoms with van der Waals surface area (Å²) in [4.78, 5) is 30.8. The van der Waals surface area contributed by atoms with Gasteiger partial charge in [0.05, 0.1) is 28.8 Å². The van der Waals surface area contributed by atoms with Crippen LogP contribution in [-0.4, -0.2) is 21.6 Å². The van der Waals surface area contributed by atoms with Crippen molar-refractivity contribution in [1.29, 1.82) is 0 Å². The van der Waals surface area contributed by atoms with Crippen molar-refractivity contribution in [3.05, 3.63) is 125 Å². The van der Waals surface area contributed by atoms with E-state index in [4.69, 9.17) is 6.57 Å². The zero-order chi connectivity index (χ0) is 27.9. The van der Waals surface area contributed by atoms with Crippen LogP contribution < -0.4 is 5.32 Å². The highest BCUT2D eigenvalue weighted by atomic mass is 32.2. The highest BCUT2D eigenvalue weighted by molar-refractivity contribution is 7.99. The van der Waals surface area contributed by atoms with Crippen molar-refractivity contribution in [3.8, 4) is 11.1 Å². The third-order valence-corrected chi connectivity index (χ3v) is 8.39. The number of aromatic nitrogens is 1. The number of carboxylic acids is 1. The highest BCUT2D eigenvalue weighted by Crippen LogP contribution is 2.46. The van der Waals surface area contributed by atoms with Crippen LogP contribution in [0.1, 0.15) is 39.1 Å². The van der Waals surface area contributed by atoms with E-state index in [0.717, 1.165) is 50.2 Å². The van der Waals surface area contributed by atoms with E-state index in [1.807, 2.05) is 72.4 Å². The molecule has 5 aromatic rings. The first-order valence-electron chi connectivity index (χ1n) is 12.9. The van der Waals surface area contributed by atoms with Crippen molar-refractivity contribution < 1.29 is 14.7 Å². The van der Waals surface area contributed by atoms with E-state index in [1.54, 1.807) is 30.3 Å². The molecule has 7 heteroatoms. The van der Waals surface area contributed by atoms with Crippen LogP contribution in [0.25, 0.3) is 26.9 Å². The summed E-state index contributed by atoms with van der Waals surface area (Å²) in [7, 11) is 1.98. The Morgan fingerprint density at radius 2 is 1.70 bits per heavy atom. The molecule has 4 aromatic carbocycles. The molecule has 40 heavy (non-hydrogen) atoms. The molecule has 1 fully saturated rings. The summed E-state index contributed by atoms with van der Waals surface area (Å²) in [5.74, 6) is -1.15. The van der Waals surface area contributed by atoms with Crippen molar-refractivity contribution in [2.24, 2.45) is 7.05 Å². The fourth-order valence-electron chi connectivity index (χ4n) is 5.10. The lowest BCUT2D eigenvalue weighted by atomic mass is 9.98. The number of nitrogens with one attached hydrogen (secondary N) is 1. The van der Waals surface area contributed by atoms with Gasteiger partial charge in [-0.3, -0.25) is 4.79 Å². The van der Waals surface area contributed by atoms with Crippen LogP contribution in [0, 0.1) is 6.57 Å². The zero-order valence-corrected chi connectivity index (χ0v) is 22.5. The second-order valence-corrected chi connectivity index (χ2v) is 11.1. The Morgan fingerprint density at radius 1 is 0.950 bits per heavy atom. The molecule has 0 radical (unpaired) electrons. The molecule has 1 heterocycles. The van der Waals surface area contributed by atoms with Gasteiger partial charge in [-0.25, -0.2) is 9.64 Å². The van der Waals surface area contributed by atoms with Crippen molar-refractivity contribution in [3.63, 3.8) is 0 Å². The number of hydrogen-bond donors (Lipinski definition) is 2. The Morgan fingerprint density at radius 3 is 2.38 bits per heavy atom. The van der Waals surface area contributed by atoms with E-state index < -0.39 is 11.5 Å². The first-order valence-corrected chi connectivity index (χ1v) is 13.7. The quantitative estimate of drug-likeness (QED) is 0.207. The summed E-state index contributed by atoms with van der Waals surface area (Å²) in [6, 6.07) is 28.3. The van der Waals surface area contributed by atoms with Crippen LogP contribution in [0.3, 0.4) is 0 Å². The molecule has 2 N–H and O–H groups in total. The molecular formula is C33H25N3O3S. The standard InChI is InChI=1S/C33H25N3O3S/c1-34-25-9-6-10-26(19-25)40-29-20-36(2)28-18-23(21-7-4-3-5-8-21)17-27(30(28)29)31(37)35-33(15-16-33)24-13-11-22(12-14-24)32(38)39/h3-14,17-20H,15-16H2,2H3,(H,35,37)(H,38,39). The maximum Gasteiger partial charge on any atom is 0.335 e. The van der Waals surface area contributed by atoms with Gasteiger partial charge < -0.3 is 15.0 Å². The first-order chi connectivity index (χ1) is 19.4. The van der Waals surface area contributed by atoms with E-state index >= 15 is 0 Å². The minimum absolute atomic E-state index is 0.175. The van der Waals surface area contributed by atoms with Crippen molar-refractivity contribution in [2.75, 3.05) is 0 Å². The van der Waals surface area contributed by atoms with E-state index in [0.29, 0.717) is 11.3 Å². The van der Waals surface area contributed by atoms with Crippen molar-refractivity contribution >= 4 is 40.2 Å². The van der Waals surface area contributed by atoms with Gasteiger partial charge >= 0.3 is 5.97 Å². The molecule has 0 atom stereocenters. The normalized spacial score (nSPS) is 13.5. The number of rotatable bonds is 7. The number of aryl methyl sites for hydroxylation is 1. The summed E-state index contributed by atoms with van der Waals surface area (Å²) in [5, 5.41) is 13.4. The van der Waals surface area contributed by atoms with E-state index in [1.165, 1.54) is 11.8 Å². The Labute approximate surface area is 236 Å². The summed E-state index contributed by atoms with van der Waals surface area (Å²) < 4.78 is 2.04. The van der Waals surface area contributed by atoms with Gasteiger partial charge in [-0.1, -0.05) is 72.4 Å². The SMILES string of the molecule is [C-]#[N+]c1cccc(Sc2cn(C)c3cc(-c4ccccc4)cc(C(=O)NC4(c5ccc(C(=O)O)cc5)CC4)c23)c1. The van der Waals surface area contributed by atoms with Crippen LogP contribution in [0.5, 0.6) is 0 Å². The first kappa shape index (κ1) is 25.5. The fraction of sp³-hybridized carbons (Fsp3) is 0.121. The average Bonchev–Trinajstić information content (AvgIpc) is 3.70. The van der Waals surface area contributed by atoms with Gasteiger partial charge in [0.15, 0.2) is 5.69 Å². The van der Waals surface area contributed by atoms with Gasteiger partial charge in [0, 0.05) is 28.4 Å². The van der Waals surface area contributed by atoms with Crippen molar-refractivity contribution in [1.82, 2.24) is 9.88 Å². The molecule has 1 aliphatic carbocycles. The van der Waals surface area contributed by atoms with Gasteiger partial charge in [0.1, 0.15) is 0 Å². The summed E-state index contributed by atoms with van der Waals surface area (Å²) in [6.07, 6.45) is 3.60. The Bertz CT molecular complexity index is 1810. The van der Waals surface area contributed by atoms with Gasteiger partial charge in [0.2, 0.25) is 0 Å². The number of aromatic carboxylic acids is 1. The third kappa shape index (κ3) is 4.74. The molecule has 0 saturated heterocycles. The number of carbonyl (C=O) groups excluding carboxylic acids is 1. The van der Waals surface area contributed by atoms with Gasteiger partial charge in [-0.2, -0.15) is 0 Å². The molecule has 0 unspecified atom stereocenters. The monoisotopic (exact) mass is 543 g/mol. The number of benzene rings is 4. The van der Waals surface area contributed by atoms with Gasteiger partial charge in [0.25, 0.3) is 5.91 Å². The second kappa shape index (κ2) is 10.1. The predicted molar refractivity (Wildman–Crippen MR) is 157 cm³/mol. The summed E-state index contributed by atoms with van der Waals surface area (Å²) in [6.45, 7) is 7.37. The number of fused-ring (bicyclic) bond motifs is 1. The maximum atomic E-state index is 14.1.